The molecule has 0 aliphatic heterocycles. The van der Waals surface area contributed by atoms with Gasteiger partial charge >= 0.3 is 0 Å². The molecule has 0 bridgehead atoms. The Kier molecular flexibility index (Phi) is 13.9. The van der Waals surface area contributed by atoms with Crippen molar-refractivity contribution in [2.75, 3.05) is 25.5 Å². The molecule has 0 amide bonds. The first-order chi connectivity index (χ1) is 24.6. The third kappa shape index (κ3) is 11.0. The highest BCUT2D eigenvalue weighted by atomic mass is 19.1. The van der Waals surface area contributed by atoms with E-state index >= 15 is 0 Å². The smallest absolute Gasteiger partial charge is 0.123 e. The Labute approximate surface area is 297 Å². The molecule has 4 heteroatoms. The molecule has 3 nitrogen and oxygen atoms in total. The zero-order chi connectivity index (χ0) is 34.8. The van der Waals surface area contributed by atoms with Gasteiger partial charge in [-0.15, -0.1) is 0 Å². The highest BCUT2D eigenvalue weighted by molar-refractivity contribution is 5.81. The lowest BCUT2D eigenvalue weighted by Crippen LogP contribution is -2.18. The first-order valence-electron chi connectivity index (χ1n) is 17.2. The molecule has 0 aliphatic carbocycles. The summed E-state index contributed by atoms with van der Waals surface area (Å²) < 4.78 is 12.9. The summed E-state index contributed by atoms with van der Waals surface area (Å²) in [5, 5.41) is 10.2. The van der Waals surface area contributed by atoms with Crippen LogP contribution in [-0.2, 0) is 6.54 Å². The lowest BCUT2D eigenvalue weighted by Gasteiger charge is -2.14. The van der Waals surface area contributed by atoms with E-state index in [2.05, 4.69) is 168 Å². The van der Waals surface area contributed by atoms with Crippen LogP contribution in [0.1, 0.15) is 46.3 Å². The summed E-state index contributed by atoms with van der Waals surface area (Å²) in [6, 6.07) is 57.4. The van der Waals surface area contributed by atoms with Gasteiger partial charge in [0.2, 0.25) is 0 Å². The van der Waals surface area contributed by atoms with Crippen LogP contribution in [0.5, 0.6) is 0 Å². The number of benzene rings is 6. The zero-order valence-electron chi connectivity index (χ0n) is 28.9. The van der Waals surface area contributed by atoms with Crippen molar-refractivity contribution in [2.45, 2.75) is 19.5 Å². The average Bonchev–Trinajstić information content (AvgIpc) is 3.19. The van der Waals surface area contributed by atoms with Crippen LogP contribution in [-0.4, -0.2) is 20.1 Å². The van der Waals surface area contributed by atoms with Crippen LogP contribution < -0.4 is 16.0 Å². The van der Waals surface area contributed by atoms with Crippen molar-refractivity contribution in [3.63, 3.8) is 0 Å². The van der Waals surface area contributed by atoms with Gasteiger partial charge < -0.3 is 16.0 Å². The van der Waals surface area contributed by atoms with Crippen LogP contribution in [0.25, 0.3) is 11.1 Å². The summed E-state index contributed by atoms with van der Waals surface area (Å²) >= 11 is 0. The van der Waals surface area contributed by atoms with Gasteiger partial charge in [0.05, 0.1) is 0 Å². The quantitative estimate of drug-likeness (QED) is 0.108. The van der Waals surface area contributed by atoms with Gasteiger partial charge in [-0.1, -0.05) is 158 Å². The predicted octanol–water partition coefficient (Wildman–Crippen LogP) is 10.6. The van der Waals surface area contributed by atoms with E-state index in [9.17, 15) is 4.39 Å². The summed E-state index contributed by atoms with van der Waals surface area (Å²) in [6.45, 7) is 4.48. The van der Waals surface area contributed by atoms with E-state index in [1.54, 1.807) is 12.1 Å². The summed E-state index contributed by atoms with van der Waals surface area (Å²) in [4.78, 5) is 0. The molecular weight excluding hydrogens is 614 g/mol. The van der Waals surface area contributed by atoms with E-state index < -0.39 is 0 Å². The molecule has 6 rings (SSSR count). The van der Waals surface area contributed by atoms with Crippen LogP contribution in [0.4, 0.5) is 10.1 Å². The molecule has 252 valence electrons. The third-order valence-corrected chi connectivity index (χ3v) is 8.46. The van der Waals surface area contributed by atoms with E-state index in [-0.39, 0.29) is 5.82 Å². The van der Waals surface area contributed by atoms with Crippen molar-refractivity contribution < 1.29 is 4.39 Å². The van der Waals surface area contributed by atoms with Gasteiger partial charge in [-0.25, -0.2) is 4.39 Å². The van der Waals surface area contributed by atoms with Crippen LogP contribution in [0.3, 0.4) is 0 Å². The molecule has 0 aromatic heterocycles. The van der Waals surface area contributed by atoms with E-state index in [0.29, 0.717) is 12.6 Å². The molecule has 6 aromatic rings. The average molecular weight is 660 g/mol. The van der Waals surface area contributed by atoms with Crippen molar-refractivity contribution in [1.29, 1.82) is 0 Å². The Morgan fingerprint density at radius 3 is 1.46 bits per heavy atom. The lowest BCUT2D eigenvalue weighted by atomic mass is 9.97. The molecule has 0 heterocycles. The molecule has 0 fully saturated rings. The van der Waals surface area contributed by atoms with Gasteiger partial charge in [-0.3, -0.25) is 0 Å². The third-order valence-electron chi connectivity index (χ3n) is 8.46. The second-order valence-corrected chi connectivity index (χ2v) is 12.0. The Hall–Kier alpha value is -5.55. The maximum Gasteiger partial charge on any atom is 0.123 e. The minimum Gasteiger partial charge on any atom is -0.388 e. The number of halogens is 1. The summed E-state index contributed by atoms with van der Waals surface area (Å²) in [7, 11) is 1.94. The molecule has 50 heavy (non-hydrogen) atoms. The Morgan fingerprint density at radius 1 is 0.540 bits per heavy atom. The molecule has 1 atom stereocenters. The second-order valence-electron chi connectivity index (χ2n) is 12.0. The van der Waals surface area contributed by atoms with E-state index in [4.69, 9.17) is 0 Å². The number of hydrogen-bond acceptors (Lipinski definition) is 3. The normalized spacial score (nSPS) is 11.5. The highest BCUT2D eigenvalue weighted by Crippen LogP contribution is 2.25. The predicted molar refractivity (Wildman–Crippen MR) is 210 cm³/mol. The molecule has 6 aromatic carbocycles. The number of anilines is 1. The topological polar surface area (TPSA) is 36.1 Å². The Balaban J connectivity index is 0.000000195. The molecule has 0 spiro atoms. The largest absolute Gasteiger partial charge is 0.388 e. The van der Waals surface area contributed by atoms with Crippen LogP contribution in [0.2, 0.25) is 0 Å². The fraction of sp³-hybridized carbons (Fsp3) is 0.130. The van der Waals surface area contributed by atoms with Crippen LogP contribution in [0.15, 0.2) is 182 Å². The minimum atomic E-state index is -0.200. The number of rotatable bonds is 13. The Bertz CT molecular complexity index is 1840. The van der Waals surface area contributed by atoms with Crippen molar-refractivity contribution in [3.8, 4) is 0 Å². The molecule has 0 saturated carbocycles. The SMILES string of the molecule is CNc1ccc(/C(=C/CN[C@H](C)c2ccccc2)c2ccccc2)cc1.Fc1ccc(CNCC=C(c2ccccc2)c2ccccc2)cc1. The summed E-state index contributed by atoms with van der Waals surface area (Å²) in [6.07, 6.45) is 4.48. The summed E-state index contributed by atoms with van der Waals surface area (Å²) in [5.41, 5.74) is 10.8. The van der Waals surface area contributed by atoms with Crippen molar-refractivity contribution >= 4 is 16.8 Å². The van der Waals surface area contributed by atoms with Crippen LogP contribution >= 0.6 is 0 Å². The van der Waals surface area contributed by atoms with Gasteiger partial charge in [0.15, 0.2) is 0 Å². The molecule has 0 unspecified atom stereocenters. The first kappa shape index (κ1) is 35.7. The number of hydrogen-bond donors (Lipinski definition) is 3. The van der Waals surface area contributed by atoms with Crippen molar-refractivity contribution in [3.05, 3.63) is 221 Å². The van der Waals surface area contributed by atoms with Gasteiger partial charge in [0.1, 0.15) is 5.82 Å². The van der Waals surface area contributed by atoms with Crippen LogP contribution in [0, 0.1) is 5.82 Å². The summed E-state index contributed by atoms with van der Waals surface area (Å²) in [5.74, 6) is -0.200. The van der Waals surface area contributed by atoms with Gasteiger partial charge in [-0.2, -0.15) is 0 Å². The van der Waals surface area contributed by atoms with E-state index in [1.165, 1.54) is 51.1 Å². The van der Waals surface area contributed by atoms with E-state index in [1.807, 2.05) is 19.2 Å². The fourth-order valence-corrected chi connectivity index (χ4v) is 5.66. The van der Waals surface area contributed by atoms with E-state index in [0.717, 1.165) is 24.3 Å². The molecule has 0 saturated heterocycles. The molecule has 0 radical (unpaired) electrons. The highest BCUT2D eigenvalue weighted by Gasteiger charge is 2.07. The monoisotopic (exact) mass is 659 g/mol. The number of nitrogens with one attached hydrogen (secondary N) is 3. The fourth-order valence-electron chi connectivity index (χ4n) is 5.66. The molecular formula is C46H46FN3. The standard InChI is InChI=1S/C24H26N2.C22H20FN/c1-19(20-9-5-3-6-10-20)26-18-17-24(21-11-7-4-8-12-21)22-13-15-23(25-2)16-14-22;23-21-13-11-18(12-14-21)17-24-16-15-22(19-7-3-1-4-8-19)20-9-5-2-6-10-20/h3-17,19,25-26H,18H2,1-2H3;1-15,24H,16-17H2/b24-17+;/t19-;/m1./s1. The van der Waals surface area contributed by atoms with Gasteiger partial charge in [-0.05, 0) is 75.7 Å². The van der Waals surface area contributed by atoms with Crippen molar-refractivity contribution in [1.82, 2.24) is 10.6 Å². The van der Waals surface area contributed by atoms with Crippen molar-refractivity contribution in [2.24, 2.45) is 0 Å². The molecule has 0 aliphatic rings. The maximum absolute atomic E-state index is 12.9. The maximum atomic E-state index is 12.9. The van der Waals surface area contributed by atoms with Gasteiger partial charge in [0, 0.05) is 38.4 Å². The van der Waals surface area contributed by atoms with Gasteiger partial charge in [0.25, 0.3) is 0 Å². The molecule has 3 N–H and O–H groups in total. The zero-order valence-corrected chi connectivity index (χ0v) is 28.9. The first-order valence-corrected chi connectivity index (χ1v) is 17.2. The lowest BCUT2D eigenvalue weighted by molar-refractivity contribution is 0.618. The minimum absolute atomic E-state index is 0.200. The Morgan fingerprint density at radius 2 is 0.980 bits per heavy atom. The second kappa shape index (κ2) is 19.4.